The van der Waals surface area contributed by atoms with E-state index in [-0.39, 0.29) is 20.4 Å². The van der Waals surface area contributed by atoms with Crippen LogP contribution < -0.4 is 5.30 Å². The van der Waals surface area contributed by atoms with E-state index in [0.29, 0.717) is 0 Å². The number of benzene rings is 1. The Morgan fingerprint density at radius 1 is 1.23 bits per heavy atom. The Balaban J connectivity index is 3.33. The molecule has 0 aliphatic heterocycles. The van der Waals surface area contributed by atoms with Crippen LogP contribution in [0.25, 0.3) is 0 Å². The molecule has 0 fully saturated rings. The lowest BCUT2D eigenvalue weighted by Gasteiger charge is -1.96. The second-order valence-electron chi connectivity index (χ2n) is 2.07. The lowest BCUT2D eigenvalue weighted by atomic mass is 10.4. The van der Waals surface area contributed by atoms with Gasteiger partial charge in [0.1, 0.15) is 5.02 Å². The van der Waals surface area contributed by atoms with Gasteiger partial charge in [-0.1, -0.05) is 34.8 Å². The molecule has 7 heteroatoms. The van der Waals surface area contributed by atoms with Crippen molar-refractivity contribution >= 4 is 48.1 Å². The van der Waals surface area contributed by atoms with E-state index in [4.69, 9.17) is 40.3 Å². The van der Waals surface area contributed by atoms with Crippen molar-refractivity contribution in [2.45, 2.75) is 0 Å². The molecule has 0 aliphatic rings. The second kappa shape index (κ2) is 4.34. The molecule has 0 heterocycles. The van der Waals surface area contributed by atoms with Gasteiger partial charge in [-0.15, -0.1) is 0 Å². The van der Waals surface area contributed by atoms with Crippen molar-refractivity contribution in [3.05, 3.63) is 27.2 Å². The predicted octanol–water partition coefficient (Wildman–Crippen LogP) is 4.05. The maximum atomic E-state index is 11.1. The van der Waals surface area contributed by atoms with Crippen molar-refractivity contribution in [3.63, 3.8) is 0 Å². The largest absolute Gasteiger partial charge is 0.546 e. The second-order valence-corrected chi connectivity index (χ2v) is 4.46. The van der Waals surface area contributed by atoms with Gasteiger partial charge in [0.25, 0.3) is 0 Å². The summed E-state index contributed by atoms with van der Waals surface area (Å²) in [4.78, 5) is 2.86. The SMILES string of the molecule is N=N[P+](=O)c1ccc(Cl)c(Cl)c1Cl. The molecule has 0 saturated carbocycles. The van der Waals surface area contributed by atoms with E-state index in [1.807, 2.05) is 0 Å². The van der Waals surface area contributed by atoms with E-state index in [2.05, 4.69) is 4.88 Å². The normalized spacial score (nSPS) is 11.2. The number of halogens is 3. The molecule has 1 aromatic rings. The van der Waals surface area contributed by atoms with Gasteiger partial charge in [-0.25, -0.2) is 0 Å². The fourth-order valence-electron chi connectivity index (χ4n) is 0.717. The summed E-state index contributed by atoms with van der Waals surface area (Å²) in [6.45, 7) is 0. The van der Waals surface area contributed by atoms with Gasteiger partial charge < -0.3 is 0 Å². The third-order valence-corrected chi connectivity index (χ3v) is 3.70. The van der Waals surface area contributed by atoms with Gasteiger partial charge in [-0.05, 0) is 16.7 Å². The van der Waals surface area contributed by atoms with E-state index >= 15 is 0 Å². The molecule has 1 rings (SSSR count). The minimum Gasteiger partial charge on any atom is -0.160 e. The third-order valence-electron chi connectivity index (χ3n) is 1.31. The minimum atomic E-state index is -2.16. The minimum absolute atomic E-state index is 0.0891. The zero-order chi connectivity index (χ0) is 10.0. The van der Waals surface area contributed by atoms with E-state index in [1.165, 1.54) is 12.1 Å². The van der Waals surface area contributed by atoms with Crippen molar-refractivity contribution in [1.29, 1.82) is 5.53 Å². The highest BCUT2D eigenvalue weighted by Gasteiger charge is 2.26. The van der Waals surface area contributed by atoms with Gasteiger partial charge in [0.15, 0.2) is 0 Å². The third kappa shape index (κ3) is 2.18. The molecule has 1 aromatic carbocycles. The molecule has 1 N–H and O–H groups in total. The standard InChI is InChI=1S/C6H3Cl3N2OP/c7-3-1-2-4(13(12)11-10)6(9)5(3)8/h1-2,10H/q+1. The molecule has 1 atom stereocenters. The first kappa shape index (κ1) is 10.9. The number of rotatable bonds is 2. The Labute approximate surface area is 90.3 Å². The fraction of sp³-hybridized carbons (Fsp3) is 0. The summed E-state index contributed by atoms with van der Waals surface area (Å²) in [6, 6.07) is 2.90. The summed E-state index contributed by atoms with van der Waals surface area (Å²) in [5, 5.41) is 0.726. The topological polar surface area (TPSA) is 53.3 Å². The highest BCUT2D eigenvalue weighted by Crippen LogP contribution is 2.34. The molecule has 3 nitrogen and oxygen atoms in total. The monoisotopic (exact) mass is 255 g/mol. The van der Waals surface area contributed by atoms with E-state index < -0.39 is 7.95 Å². The van der Waals surface area contributed by atoms with Crippen LogP contribution in [-0.2, 0) is 4.57 Å². The van der Waals surface area contributed by atoms with Gasteiger partial charge in [0, 0.05) is 0 Å². The number of hydrogen-bond donors (Lipinski definition) is 1. The molecule has 0 aromatic heterocycles. The maximum Gasteiger partial charge on any atom is 0.546 e. The van der Waals surface area contributed by atoms with Gasteiger partial charge in [0.05, 0.1) is 14.9 Å². The molecular formula is C6H3Cl3N2OP+. The molecule has 0 spiro atoms. The Morgan fingerprint density at radius 3 is 2.38 bits per heavy atom. The number of nitrogens with zero attached hydrogens (tertiary/aromatic N) is 1. The van der Waals surface area contributed by atoms with Gasteiger partial charge in [-0.3, -0.25) is 0 Å². The van der Waals surface area contributed by atoms with E-state index in [9.17, 15) is 4.57 Å². The van der Waals surface area contributed by atoms with Gasteiger partial charge >= 0.3 is 7.95 Å². The van der Waals surface area contributed by atoms with Gasteiger partial charge in [0.2, 0.25) is 5.30 Å². The van der Waals surface area contributed by atoms with Crippen LogP contribution in [0.1, 0.15) is 0 Å². The zero-order valence-electron chi connectivity index (χ0n) is 6.09. The number of nitrogens with one attached hydrogen (secondary N) is 1. The van der Waals surface area contributed by atoms with Crippen molar-refractivity contribution in [2.24, 2.45) is 4.88 Å². The molecule has 1 unspecified atom stereocenters. The molecule has 0 saturated heterocycles. The van der Waals surface area contributed by atoms with Crippen LogP contribution in [0.3, 0.4) is 0 Å². The highest BCUT2D eigenvalue weighted by molar-refractivity contribution is 7.52. The van der Waals surface area contributed by atoms with Crippen LogP contribution in [-0.4, -0.2) is 0 Å². The van der Waals surface area contributed by atoms with Crippen molar-refractivity contribution in [2.75, 3.05) is 0 Å². The Morgan fingerprint density at radius 2 is 1.85 bits per heavy atom. The summed E-state index contributed by atoms with van der Waals surface area (Å²) >= 11 is 17.1. The maximum absolute atomic E-state index is 11.1. The summed E-state index contributed by atoms with van der Waals surface area (Å²) in [5.74, 6) is 0. The molecule has 0 bridgehead atoms. The average molecular weight is 256 g/mol. The summed E-state index contributed by atoms with van der Waals surface area (Å²) in [5.41, 5.74) is 6.57. The van der Waals surface area contributed by atoms with Crippen LogP contribution in [0.4, 0.5) is 0 Å². The molecule has 0 amide bonds. The highest BCUT2D eigenvalue weighted by atomic mass is 35.5. The van der Waals surface area contributed by atoms with Crippen LogP contribution in [0, 0.1) is 5.53 Å². The van der Waals surface area contributed by atoms with Crippen molar-refractivity contribution in [1.82, 2.24) is 0 Å². The van der Waals surface area contributed by atoms with Crippen molar-refractivity contribution < 1.29 is 4.57 Å². The molecule has 13 heavy (non-hydrogen) atoms. The first-order valence-electron chi connectivity index (χ1n) is 3.06. The average Bonchev–Trinajstić information content (AvgIpc) is 2.13. The fourth-order valence-corrected chi connectivity index (χ4v) is 2.13. The van der Waals surface area contributed by atoms with Crippen LogP contribution >= 0.6 is 42.8 Å². The van der Waals surface area contributed by atoms with Crippen LogP contribution in [0.2, 0.25) is 15.1 Å². The van der Waals surface area contributed by atoms with Gasteiger partial charge in [-0.2, -0.15) is 5.53 Å². The van der Waals surface area contributed by atoms with Crippen molar-refractivity contribution in [3.8, 4) is 0 Å². The molecule has 0 aliphatic carbocycles. The van der Waals surface area contributed by atoms with E-state index in [0.717, 1.165) is 0 Å². The van der Waals surface area contributed by atoms with Crippen LogP contribution in [0.5, 0.6) is 0 Å². The summed E-state index contributed by atoms with van der Waals surface area (Å²) in [6.07, 6.45) is 0. The Kier molecular flexibility index (Phi) is 3.63. The van der Waals surface area contributed by atoms with Crippen LogP contribution in [0.15, 0.2) is 17.0 Å². The lowest BCUT2D eigenvalue weighted by Crippen LogP contribution is -1.97. The molecular weight excluding hydrogens is 253 g/mol. The first-order valence-corrected chi connectivity index (χ1v) is 5.40. The smallest absolute Gasteiger partial charge is 0.160 e. The Bertz CT molecular complexity index is 382. The quantitative estimate of drug-likeness (QED) is 0.484. The predicted molar refractivity (Wildman–Crippen MR) is 53.9 cm³/mol. The number of hydrogen-bond acceptors (Lipinski definition) is 2. The summed E-state index contributed by atoms with van der Waals surface area (Å²) in [7, 11) is -2.16. The lowest BCUT2D eigenvalue weighted by molar-refractivity contribution is 0.592. The zero-order valence-corrected chi connectivity index (χ0v) is 9.25. The Hall–Kier alpha value is -0.210. The molecule has 68 valence electrons. The first-order chi connectivity index (χ1) is 6.07. The van der Waals surface area contributed by atoms with E-state index in [1.54, 1.807) is 0 Å². The molecule has 0 radical (unpaired) electrons. The summed E-state index contributed by atoms with van der Waals surface area (Å²) < 4.78 is 11.1.